The van der Waals surface area contributed by atoms with Crippen molar-refractivity contribution in [1.29, 1.82) is 0 Å². The number of benzene rings is 1. The third-order valence-electron chi connectivity index (χ3n) is 2.50. The fourth-order valence-corrected chi connectivity index (χ4v) is 1.63. The number of anilines is 1. The SMILES string of the molecule is C=C/C(=C/C=C\C(=C)Nc1cccc(F)c1)CN(C)C. The molecule has 0 saturated heterocycles. The molecular formula is C17H21FN2. The number of hydrogen-bond acceptors (Lipinski definition) is 2. The fourth-order valence-electron chi connectivity index (χ4n) is 1.63. The predicted octanol–water partition coefficient (Wildman–Crippen LogP) is 3.98. The molecule has 0 unspecified atom stereocenters. The van der Waals surface area contributed by atoms with Crippen molar-refractivity contribution in [3.05, 3.63) is 78.8 Å². The molecule has 0 heterocycles. The molecule has 1 N–H and O–H groups in total. The summed E-state index contributed by atoms with van der Waals surface area (Å²) in [6.45, 7) is 8.49. The summed E-state index contributed by atoms with van der Waals surface area (Å²) in [7, 11) is 4.01. The minimum absolute atomic E-state index is 0.272. The number of rotatable bonds is 7. The van der Waals surface area contributed by atoms with E-state index in [2.05, 4.69) is 23.4 Å². The molecule has 0 fully saturated rings. The van der Waals surface area contributed by atoms with Crippen LogP contribution in [0, 0.1) is 5.82 Å². The van der Waals surface area contributed by atoms with E-state index in [0.29, 0.717) is 11.4 Å². The van der Waals surface area contributed by atoms with Gasteiger partial charge in [-0.2, -0.15) is 0 Å². The molecule has 106 valence electrons. The largest absolute Gasteiger partial charge is 0.356 e. The quantitative estimate of drug-likeness (QED) is 0.755. The normalized spacial score (nSPS) is 11.9. The Bertz CT molecular complexity index is 528. The first-order chi connectivity index (χ1) is 9.51. The van der Waals surface area contributed by atoms with Gasteiger partial charge in [0.05, 0.1) is 0 Å². The first-order valence-electron chi connectivity index (χ1n) is 6.37. The van der Waals surface area contributed by atoms with Crippen LogP contribution in [0.5, 0.6) is 0 Å². The van der Waals surface area contributed by atoms with Crippen molar-refractivity contribution in [3.63, 3.8) is 0 Å². The van der Waals surface area contributed by atoms with Crippen LogP contribution in [-0.2, 0) is 0 Å². The maximum Gasteiger partial charge on any atom is 0.125 e. The van der Waals surface area contributed by atoms with E-state index in [1.54, 1.807) is 12.1 Å². The second-order valence-corrected chi connectivity index (χ2v) is 4.70. The zero-order valence-corrected chi connectivity index (χ0v) is 12.1. The van der Waals surface area contributed by atoms with Crippen LogP contribution >= 0.6 is 0 Å². The first-order valence-corrected chi connectivity index (χ1v) is 6.37. The third kappa shape index (κ3) is 6.16. The molecule has 2 nitrogen and oxygen atoms in total. The zero-order valence-electron chi connectivity index (χ0n) is 12.1. The van der Waals surface area contributed by atoms with Crippen molar-refractivity contribution in [2.45, 2.75) is 0 Å². The van der Waals surface area contributed by atoms with Crippen LogP contribution in [0.15, 0.2) is 73.0 Å². The number of halogens is 1. The van der Waals surface area contributed by atoms with E-state index in [0.717, 1.165) is 12.1 Å². The van der Waals surface area contributed by atoms with Gasteiger partial charge < -0.3 is 10.2 Å². The summed E-state index contributed by atoms with van der Waals surface area (Å²) in [5.74, 6) is -0.272. The number of likely N-dealkylation sites (N-methyl/N-ethyl adjacent to an activating group) is 1. The molecule has 0 spiro atoms. The van der Waals surface area contributed by atoms with Crippen molar-refractivity contribution >= 4 is 5.69 Å². The van der Waals surface area contributed by atoms with Gasteiger partial charge in [-0.25, -0.2) is 4.39 Å². The number of nitrogens with zero attached hydrogens (tertiary/aromatic N) is 1. The van der Waals surface area contributed by atoms with E-state index in [-0.39, 0.29) is 5.82 Å². The van der Waals surface area contributed by atoms with Gasteiger partial charge in [0, 0.05) is 17.9 Å². The monoisotopic (exact) mass is 272 g/mol. The van der Waals surface area contributed by atoms with Gasteiger partial charge in [-0.05, 0) is 43.9 Å². The van der Waals surface area contributed by atoms with Gasteiger partial charge >= 0.3 is 0 Å². The Hall–Kier alpha value is -2.13. The molecular weight excluding hydrogens is 251 g/mol. The summed E-state index contributed by atoms with van der Waals surface area (Å²) in [5, 5.41) is 3.03. The molecule has 0 radical (unpaired) electrons. The summed E-state index contributed by atoms with van der Waals surface area (Å²) in [6, 6.07) is 6.28. The van der Waals surface area contributed by atoms with Crippen LogP contribution in [-0.4, -0.2) is 25.5 Å². The number of allylic oxidation sites excluding steroid dienone is 3. The molecule has 0 aliphatic heterocycles. The van der Waals surface area contributed by atoms with Crippen molar-refractivity contribution in [2.75, 3.05) is 26.0 Å². The standard InChI is InChI=1S/C17H21FN2/c1-5-15(13-20(3)4)9-6-8-14(2)19-17-11-7-10-16(18)12-17/h5-12,19H,1-2,13H2,3-4H3/b8-6-,15-9-. The van der Waals surface area contributed by atoms with Crippen molar-refractivity contribution in [2.24, 2.45) is 0 Å². The molecule has 1 aromatic carbocycles. The molecule has 1 rings (SSSR count). The van der Waals surface area contributed by atoms with Crippen molar-refractivity contribution in [1.82, 2.24) is 4.90 Å². The third-order valence-corrected chi connectivity index (χ3v) is 2.50. The highest BCUT2D eigenvalue weighted by atomic mass is 19.1. The summed E-state index contributed by atoms with van der Waals surface area (Å²) < 4.78 is 13.0. The summed E-state index contributed by atoms with van der Waals surface area (Å²) in [4.78, 5) is 2.07. The Labute approximate surface area is 120 Å². The molecule has 0 aliphatic carbocycles. The molecule has 0 aromatic heterocycles. The molecule has 0 atom stereocenters. The highest BCUT2D eigenvalue weighted by molar-refractivity contribution is 5.50. The van der Waals surface area contributed by atoms with Gasteiger partial charge in [0.25, 0.3) is 0 Å². The molecule has 20 heavy (non-hydrogen) atoms. The minimum atomic E-state index is -0.272. The Kier molecular flexibility index (Phi) is 6.47. The molecule has 0 bridgehead atoms. The van der Waals surface area contributed by atoms with Crippen LogP contribution < -0.4 is 5.32 Å². The predicted molar refractivity (Wildman–Crippen MR) is 85.1 cm³/mol. The van der Waals surface area contributed by atoms with Crippen LogP contribution in [0.25, 0.3) is 0 Å². The van der Waals surface area contributed by atoms with Crippen LogP contribution in [0.4, 0.5) is 10.1 Å². The lowest BCUT2D eigenvalue weighted by molar-refractivity contribution is 0.449. The summed E-state index contributed by atoms with van der Waals surface area (Å²) in [5.41, 5.74) is 2.49. The van der Waals surface area contributed by atoms with E-state index >= 15 is 0 Å². The van der Waals surface area contributed by atoms with Crippen molar-refractivity contribution < 1.29 is 4.39 Å². The lowest BCUT2D eigenvalue weighted by Gasteiger charge is -2.09. The average Bonchev–Trinajstić information content (AvgIpc) is 2.37. The van der Waals surface area contributed by atoms with Crippen molar-refractivity contribution in [3.8, 4) is 0 Å². The van der Waals surface area contributed by atoms with Gasteiger partial charge in [0.1, 0.15) is 5.82 Å². The smallest absolute Gasteiger partial charge is 0.125 e. The highest BCUT2D eigenvalue weighted by Gasteiger charge is 1.95. The topological polar surface area (TPSA) is 15.3 Å². The zero-order chi connectivity index (χ0) is 15.0. The van der Waals surface area contributed by atoms with E-state index in [9.17, 15) is 4.39 Å². The highest BCUT2D eigenvalue weighted by Crippen LogP contribution is 2.11. The fraction of sp³-hybridized carbons (Fsp3) is 0.176. The Morgan fingerprint density at radius 1 is 1.40 bits per heavy atom. The second-order valence-electron chi connectivity index (χ2n) is 4.70. The second kappa shape index (κ2) is 8.12. The Balaban J connectivity index is 2.59. The lowest BCUT2D eigenvalue weighted by atomic mass is 10.2. The minimum Gasteiger partial charge on any atom is -0.356 e. The van der Waals surface area contributed by atoms with E-state index in [1.807, 2.05) is 38.4 Å². The molecule has 1 aromatic rings. The van der Waals surface area contributed by atoms with E-state index in [1.165, 1.54) is 12.1 Å². The van der Waals surface area contributed by atoms with Gasteiger partial charge in [0.2, 0.25) is 0 Å². The maximum atomic E-state index is 13.0. The first kappa shape index (κ1) is 15.9. The van der Waals surface area contributed by atoms with Gasteiger partial charge in [-0.1, -0.05) is 37.5 Å². The van der Waals surface area contributed by atoms with Crippen LogP contribution in [0.2, 0.25) is 0 Å². The van der Waals surface area contributed by atoms with Gasteiger partial charge in [-0.3, -0.25) is 0 Å². The summed E-state index contributed by atoms with van der Waals surface area (Å²) >= 11 is 0. The number of hydrogen-bond donors (Lipinski definition) is 1. The van der Waals surface area contributed by atoms with Gasteiger partial charge in [0.15, 0.2) is 0 Å². The Morgan fingerprint density at radius 3 is 2.75 bits per heavy atom. The van der Waals surface area contributed by atoms with E-state index < -0.39 is 0 Å². The van der Waals surface area contributed by atoms with E-state index in [4.69, 9.17) is 0 Å². The average molecular weight is 272 g/mol. The Morgan fingerprint density at radius 2 is 2.15 bits per heavy atom. The molecule has 0 amide bonds. The van der Waals surface area contributed by atoms with Crippen LogP contribution in [0.3, 0.4) is 0 Å². The molecule has 0 aliphatic rings. The molecule has 3 heteroatoms. The van der Waals surface area contributed by atoms with Gasteiger partial charge in [-0.15, -0.1) is 0 Å². The lowest BCUT2D eigenvalue weighted by Crippen LogP contribution is -2.13. The van der Waals surface area contributed by atoms with Crippen LogP contribution in [0.1, 0.15) is 0 Å². The summed E-state index contributed by atoms with van der Waals surface area (Å²) in [6.07, 6.45) is 7.54. The number of nitrogens with one attached hydrogen (secondary N) is 1. The molecule has 0 saturated carbocycles. The maximum absolute atomic E-state index is 13.0.